The van der Waals surface area contributed by atoms with Crippen LogP contribution < -0.4 is 4.74 Å². The van der Waals surface area contributed by atoms with Gasteiger partial charge in [0, 0.05) is 20.2 Å². The average Bonchev–Trinajstić information content (AvgIpc) is 3.53. The van der Waals surface area contributed by atoms with Crippen molar-refractivity contribution in [2.24, 2.45) is 13.0 Å². The van der Waals surface area contributed by atoms with Crippen LogP contribution in [-0.4, -0.2) is 64.2 Å². The van der Waals surface area contributed by atoms with Crippen molar-refractivity contribution in [3.63, 3.8) is 0 Å². The predicted octanol–water partition coefficient (Wildman–Crippen LogP) is 2.98. The molecule has 1 aliphatic carbocycles. The van der Waals surface area contributed by atoms with E-state index in [4.69, 9.17) is 19.4 Å². The number of hydrogen-bond donors (Lipinski definition) is 1. The first-order chi connectivity index (χ1) is 15.7. The minimum Gasteiger partial charge on any atom is -0.484 e. The van der Waals surface area contributed by atoms with Crippen molar-refractivity contribution in [3.8, 4) is 5.75 Å². The number of nitrogens with zero attached hydrogens (tertiary/aromatic N) is 3. The summed E-state index contributed by atoms with van der Waals surface area (Å²) >= 11 is 0. The summed E-state index contributed by atoms with van der Waals surface area (Å²) in [5.41, 5.74) is 2.29. The number of carboxylic acid groups (broad SMARTS) is 1. The van der Waals surface area contributed by atoms with Gasteiger partial charge < -0.3 is 19.5 Å². The molecule has 33 heavy (non-hydrogen) atoms. The highest BCUT2D eigenvalue weighted by atomic mass is 19.4. The van der Waals surface area contributed by atoms with Crippen LogP contribution in [0, 0.1) is 5.92 Å². The van der Waals surface area contributed by atoms with Crippen molar-refractivity contribution in [1.29, 1.82) is 0 Å². The van der Waals surface area contributed by atoms with E-state index in [0.29, 0.717) is 24.8 Å². The molecule has 1 aliphatic heterocycles. The zero-order chi connectivity index (χ0) is 24.0. The number of amides is 1. The molecule has 11 heteroatoms. The molecule has 180 valence electrons. The number of carbonyl (C=O) groups excluding carboxylic acids is 1. The summed E-state index contributed by atoms with van der Waals surface area (Å²) in [7, 11) is 1.93. The Morgan fingerprint density at radius 1 is 1.18 bits per heavy atom. The zero-order valence-electron chi connectivity index (χ0n) is 18.1. The number of alkyl halides is 3. The van der Waals surface area contributed by atoms with Crippen LogP contribution in [0.15, 0.2) is 36.5 Å². The average molecular weight is 469 g/mol. The first kappa shape index (κ1) is 24.6. The molecule has 4 rings (SSSR count). The maximum atomic E-state index is 12.8. The lowest BCUT2D eigenvalue weighted by atomic mass is 10.00. The summed E-state index contributed by atoms with van der Waals surface area (Å²) < 4.78 is 45.2. The van der Waals surface area contributed by atoms with E-state index in [-0.39, 0.29) is 18.6 Å². The van der Waals surface area contributed by atoms with E-state index < -0.39 is 12.1 Å². The number of aryl methyl sites for hydroxylation is 1. The van der Waals surface area contributed by atoms with Gasteiger partial charge in [0.05, 0.1) is 24.5 Å². The first-order valence-electron chi connectivity index (χ1n) is 10.5. The molecule has 2 aliphatic rings. The van der Waals surface area contributed by atoms with E-state index in [1.807, 2.05) is 53.2 Å². The fourth-order valence-electron chi connectivity index (χ4n) is 3.50. The van der Waals surface area contributed by atoms with Crippen molar-refractivity contribution < 1.29 is 37.3 Å². The molecular formula is C22H26F3N3O5. The number of ether oxygens (including phenoxy) is 2. The summed E-state index contributed by atoms with van der Waals surface area (Å²) in [5, 5.41) is 11.5. The smallest absolute Gasteiger partial charge is 0.484 e. The molecule has 0 radical (unpaired) electrons. The Bertz CT molecular complexity index is 944. The standard InChI is InChI=1S/C20H25N3O3.C2HF3O2/c1-22-20-16(11-21-22)9-10-23(18(20)13-25-12-15-7-8-15)19(24)14-26-17-5-3-2-4-6-17;3-2(4,5)1(6)7/h2-6,11,15,18H,7-10,12-14H2,1H3;(H,6,7). The van der Waals surface area contributed by atoms with Gasteiger partial charge in [-0.1, -0.05) is 18.2 Å². The van der Waals surface area contributed by atoms with Gasteiger partial charge in [-0.2, -0.15) is 18.3 Å². The van der Waals surface area contributed by atoms with Gasteiger partial charge in [-0.25, -0.2) is 4.79 Å². The summed E-state index contributed by atoms with van der Waals surface area (Å²) in [4.78, 5) is 23.6. The third kappa shape index (κ3) is 6.95. The van der Waals surface area contributed by atoms with Crippen LogP contribution in [-0.2, 0) is 27.8 Å². The molecular weight excluding hydrogens is 443 g/mol. The molecule has 1 aromatic carbocycles. The molecule has 2 aromatic rings. The number of benzene rings is 1. The van der Waals surface area contributed by atoms with E-state index >= 15 is 0 Å². The molecule has 1 fully saturated rings. The van der Waals surface area contributed by atoms with Crippen LogP contribution in [0.25, 0.3) is 0 Å². The second kappa shape index (κ2) is 10.7. The lowest BCUT2D eigenvalue weighted by Crippen LogP contribution is -2.44. The van der Waals surface area contributed by atoms with E-state index in [1.54, 1.807) is 0 Å². The van der Waals surface area contributed by atoms with Crippen molar-refractivity contribution in [1.82, 2.24) is 14.7 Å². The van der Waals surface area contributed by atoms with Gasteiger partial charge in [-0.3, -0.25) is 9.48 Å². The van der Waals surface area contributed by atoms with Crippen molar-refractivity contribution in [2.75, 3.05) is 26.4 Å². The molecule has 8 nitrogen and oxygen atoms in total. The largest absolute Gasteiger partial charge is 0.490 e. The van der Waals surface area contributed by atoms with Crippen LogP contribution >= 0.6 is 0 Å². The zero-order valence-corrected chi connectivity index (χ0v) is 18.1. The predicted molar refractivity (Wildman–Crippen MR) is 111 cm³/mol. The van der Waals surface area contributed by atoms with Gasteiger partial charge in [0.15, 0.2) is 6.61 Å². The summed E-state index contributed by atoms with van der Waals surface area (Å²) in [5.74, 6) is -1.36. The monoisotopic (exact) mass is 469 g/mol. The van der Waals surface area contributed by atoms with Crippen LogP contribution in [0.5, 0.6) is 5.75 Å². The molecule has 0 spiro atoms. The van der Waals surface area contributed by atoms with Gasteiger partial charge in [-0.15, -0.1) is 0 Å². The fourth-order valence-corrected chi connectivity index (χ4v) is 3.50. The quantitative estimate of drug-likeness (QED) is 0.670. The maximum Gasteiger partial charge on any atom is 0.490 e. The molecule has 1 aromatic heterocycles. The first-order valence-corrected chi connectivity index (χ1v) is 10.5. The second-order valence-electron chi connectivity index (χ2n) is 7.92. The number of para-hydroxylation sites is 1. The number of fused-ring (bicyclic) bond motifs is 1. The Balaban J connectivity index is 0.000000383. The summed E-state index contributed by atoms with van der Waals surface area (Å²) in [6.45, 7) is 2.01. The normalized spacial score (nSPS) is 17.6. The molecule has 1 saturated carbocycles. The van der Waals surface area contributed by atoms with Gasteiger partial charge >= 0.3 is 12.1 Å². The van der Waals surface area contributed by atoms with Crippen molar-refractivity contribution in [3.05, 3.63) is 47.8 Å². The Morgan fingerprint density at radius 2 is 1.85 bits per heavy atom. The molecule has 0 saturated heterocycles. The summed E-state index contributed by atoms with van der Waals surface area (Å²) in [6, 6.07) is 9.35. The maximum absolute atomic E-state index is 12.8. The van der Waals surface area contributed by atoms with E-state index in [1.165, 1.54) is 18.4 Å². The number of aromatic nitrogens is 2. The molecule has 0 bridgehead atoms. The summed E-state index contributed by atoms with van der Waals surface area (Å²) in [6.07, 6.45) is 0.162. The van der Waals surface area contributed by atoms with Crippen molar-refractivity contribution in [2.45, 2.75) is 31.5 Å². The minimum atomic E-state index is -5.08. The Hall–Kier alpha value is -3.08. The van der Waals surface area contributed by atoms with Crippen LogP contribution in [0.3, 0.4) is 0 Å². The van der Waals surface area contributed by atoms with Crippen LogP contribution in [0.4, 0.5) is 13.2 Å². The number of rotatable bonds is 7. The second-order valence-corrected chi connectivity index (χ2v) is 7.92. The van der Waals surface area contributed by atoms with Gasteiger partial charge in [0.25, 0.3) is 5.91 Å². The van der Waals surface area contributed by atoms with Gasteiger partial charge in [0.2, 0.25) is 0 Å². The number of carbonyl (C=O) groups is 2. The lowest BCUT2D eigenvalue weighted by molar-refractivity contribution is -0.192. The third-order valence-corrected chi connectivity index (χ3v) is 5.37. The van der Waals surface area contributed by atoms with E-state index in [2.05, 4.69) is 5.10 Å². The van der Waals surface area contributed by atoms with E-state index in [9.17, 15) is 18.0 Å². The molecule has 1 atom stereocenters. The molecule has 2 heterocycles. The highest BCUT2D eigenvalue weighted by Crippen LogP contribution is 2.32. The topological polar surface area (TPSA) is 93.9 Å². The van der Waals surface area contributed by atoms with Crippen molar-refractivity contribution >= 4 is 11.9 Å². The number of aliphatic carboxylic acids is 1. The highest BCUT2D eigenvalue weighted by Gasteiger charge is 2.38. The highest BCUT2D eigenvalue weighted by molar-refractivity contribution is 5.78. The SMILES string of the molecule is Cn1ncc2c1C(COCC1CC1)N(C(=O)COc1ccccc1)CC2.O=C(O)C(F)(F)F. The number of hydrogen-bond acceptors (Lipinski definition) is 5. The molecule has 1 amide bonds. The minimum absolute atomic E-state index is 0.0132. The lowest BCUT2D eigenvalue weighted by Gasteiger charge is -2.36. The number of halogens is 3. The van der Waals surface area contributed by atoms with E-state index in [0.717, 1.165) is 18.7 Å². The Kier molecular flexibility index (Phi) is 7.96. The Labute approximate surface area is 188 Å². The Morgan fingerprint density at radius 3 is 2.45 bits per heavy atom. The third-order valence-electron chi connectivity index (χ3n) is 5.37. The molecule has 1 N–H and O–H groups in total. The fraction of sp³-hybridized carbons (Fsp3) is 0.500. The number of carboxylic acids is 1. The van der Waals surface area contributed by atoms with Gasteiger partial charge in [-0.05, 0) is 42.9 Å². The van der Waals surface area contributed by atoms with Crippen LogP contribution in [0.1, 0.15) is 30.1 Å². The van der Waals surface area contributed by atoms with Gasteiger partial charge in [0.1, 0.15) is 5.75 Å². The van der Waals surface area contributed by atoms with Crippen LogP contribution in [0.2, 0.25) is 0 Å². The molecule has 1 unspecified atom stereocenters.